The van der Waals surface area contributed by atoms with Gasteiger partial charge in [-0.25, -0.2) is 0 Å². The van der Waals surface area contributed by atoms with E-state index in [-0.39, 0.29) is 23.4 Å². The van der Waals surface area contributed by atoms with Crippen LogP contribution in [-0.2, 0) is 9.59 Å². The van der Waals surface area contributed by atoms with Crippen LogP contribution in [0.2, 0.25) is 0 Å². The number of nitriles is 1. The van der Waals surface area contributed by atoms with E-state index in [9.17, 15) is 14.9 Å². The number of hydrogen-bond donors (Lipinski definition) is 3. The average Bonchev–Trinajstić information content (AvgIpc) is 2.70. The molecule has 0 saturated heterocycles. The number of benzene rings is 1. The van der Waals surface area contributed by atoms with Crippen LogP contribution in [0.4, 0.5) is 11.4 Å². The molecule has 1 saturated carbocycles. The van der Waals surface area contributed by atoms with E-state index in [1.165, 1.54) is 58.1 Å². The molecule has 1 aromatic rings. The number of nitrogens with one attached hydrogen (secondary N) is 3. The quantitative estimate of drug-likeness (QED) is 0.456. The SMILES string of the molecule is CC(=O)Nc1cccc(N/C=C(/C#N)C(=O)NC2CCCCCCCCCCC2)c1. The van der Waals surface area contributed by atoms with Gasteiger partial charge in [0.05, 0.1) is 0 Å². The Morgan fingerprint density at radius 3 is 2.10 bits per heavy atom. The Kier molecular flexibility index (Phi) is 10.5. The molecule has 0 unspecified atom stereocenters. The number of nitrogens with zero attached hydrogens (tertiary/aromatic N) is 1. The number of carbonyl (C=O) groups is 2. The minimum Gasteiger partial charge on any atom is -0.360 e. The van der Waals surface area contributed by atoms with Crippen LogP contribution in [0.5, 0.6) is 0 Å². The Hall–Kier alpha value is -2.81. The second kappa shape index (κ2) is 13.4. The topological polar surface area (TPSA) is 94.0 Å². The van der Waals surface area contributed by atoms with Crippen LogP contribution in [0, 0.1) is 11.3 Å². The van der Waals surface area contributed by atoms with E-state index in [0.29, 0.717) is 11.4 Å². The monoisotopic (exact) mass is 410 g/mol. The van der Waals surface area contributed by atoms with Gasteiger partial charge in [-0.15, -0.1) is 0 Å². The Labute approximate surface area is 180 Å². The molecule has 2 rings (SSSR count). The first-order chi connectivity index (χ1) is 14.6. The smallest absolute Gasteiger partial charge is 0.263 e. The highest BCUT2D eigenvalue weighted by molar-refractivity contribution is 5.97. The second-order valence-electron chi connectivity index (χ2n) is 8.01. The first-order valence-corrected chi connectivity index (χ1v) is 11.1. The van der Waals surface area contributed by atoms with Gasteiger partial charge in [-0.05, 0) is 31.0 Å². The number of carbonyl (C=O) groups excluding carboxylic acids is 2. The predicted molar refractivity (Wildman–Crippen MR) is 121 cm³/mol. The molecule has 1 aromatic carbocycles. The molecule has 1 aliphatic rings. The van der Waals surface area contributed by atoms with E-state index >= 15 is 0 Å². The van der Waals surface area contributed by atoms with E-state index in [4.69, 9.17) is 0 Å². The zero-order valence-electron chi connectivity index (χ0n) is 18.0. The van der Waals surface area contributed by atoms with Gasteiger partial charge in [-0.1, -0.05) is 63.9 Å². The zero-order valence-corrected chi connectivity index (χ0v) is 18.0. The molecular weight excluding hydrogens is 376 g/mol. The molecule has 6 heteroatoms. The van der Waals surface area contributed by atoms with Gasteiger partial charge in [0.15, 0.2) is 0 Å². The van der Waals surface area contributed by atoms with Gasteiger partial charge < -0.3 is 16.0 Å². The number of hydrogen-bond acceptors (Lipinski definition) is 4. The molecule has 0 aromatic heterocycles. The van der Waals surface area contributed by atoms with Crippen LogP contribution in [0.3, 0.4) is 0 Å². The van der Waals surface area contributed by atoms with Gasteiger partial charge in [-0.2, -0.15) is 5.26 Å². The van der Waals surface area contributed by atoms with Gasteiger partial charge in [0, 0.05) is 30.5 Å². The lowest BCUT2D eigenvalue weighted by Gasteiger charge is -2.19. The largest absolute Gasteiger partial charge is 0.360 e. The van der Waals surface area contributed by atoms with Gasteiger partial charge in [-0.3, -0.25) is 9.59 Å². The van der Waals surface area contributed by atoms with Gasteiger partial charge in [0.2, 0.25) is 5.91 Å². The van der Waals surface area contributed by atoms with Crippen molar-refractivity contribution in [3.63, 3.8) is 0 Å². The predicted octanol–water partition coefficient (Wildman–Crippen LogP) is 5.25. The normalized spacial score (nSPS) is 17.0. The first-order valence-electron chi connectivity index (χ1n) is 11.1. The number of amides is 2. The average molecular weight is 411 g/mol. The highest BCUT2D eigenvalue weighted by Crippen LogP contribution is 2.18. The standard InChI is InChI=1S/C24H34N4O2/c1-19(29)27-23-15-11-14-22(16-23)26-18-20(17-25)24(30)28-21-12-9-7-5-3-2-4-6-8-10-13-21/h11,14-16,18,21,26H,2-10,12-13H2,1H3,(H,27,29)(H,28,30)/b20-18-. The van der Waals surface area contributed by atoms with Crippen LogP contribution in [0.1, 0.15) is 77.6 Å². The summed E-state index contributed by atoms with van der Waals surface area (Å²) < 4.78 is 0. The Bertz CT molecular complexity index is 755. The molecule has 1 fully saturated rings. The molecular formula is C24H34N4O2. The van der Waals surface area contributed by atoms with E-state index in [1.54, 1.807) is 18.2 Å². The third kappa shape index (κ3) is 9.13. The fourth-order valence-corrected chi connectivity index (χ4v) is 3.76. The fraction of sp³-hybridized carbons (Fsp3) is 0.542. The maximum absolute atomic E-state index is 12.7. The summed E-state index contributed by atoms with van der Waals surface area (Å²) in [7, 11) is 0. The van der Waals surface area contributed by atoms with Gasteiger partial charge in [0.25, 0.3) is 5.91 Å². The third-order valence-electron chi connectivity index (χ3n) is 5.37. The van der Waals surface area contributed by atoms with Crippen LogP contribution in [0.25, 0.3) is 0 Å². The molecule has 0 radical (unpaired) electrons. The minimum absolute atomic E-state index is 0.0473. The van der Waals surface area contributed by atoms with Gasteiger partial charge in [0.1, 0.15) is 11.6 Å². The van der Waals surface area contributed by atoms with E-state index in [0.717, 1.165) is 25.7 Å². The van der Waals surface area contributed by atoms with E-state index < -0.39 is 0 Å². The molecule has 0 spiro atoms. The third-order valence-corrected chi connectivity index (χ3v) is 5.37. The minimum atomic E-state index is -0.333. The van der Waals surface area contributed by atoms with Crippen molar-refractivity contribution in [1.82, 2.24) is 5.32 Å². The summed E-state index contributed by atoms with van der Waals surface area (Å²) in [5.74, 6) is -0.489. The summed E-state index contributed by atoms with van der Waals surface area (Å²) >= 11 is 0. The molecule has 0 atom stereocenters. The molecule has 162 valence electrons. The Morgan fingerprint density at radius 1 is 0.967 bits per heavy atom. The van der Waals surface area contributed by atoms with Crippen LogP contribution >= 0.6 is 0 Å². The van der Waals surface area contributed by atoms with Crippen molar-refractivity contribution >= 4 is 23.2 Å². The van der Waals surface area contributed by atoms with Crippen LogP contribution in [0.15, 0.2) is 36.0 Å². The lowest BCUT2D eigenvalue weighted by Crippen LogP contribution is -2.35. The molecule has 0 bridgehead atoms. The lowest BCUT2D eigenvalue weighted by molar-refractivity contribution is -0.118. The van der Waals surface area contributed by atoms with Crippen molar-refractivity contribution in [2.24, 2.45) is 0 Å². The van der Waals surface area contributed by atoms with Crippen molar-refractivity contribution in [3.05, 3.63) is 36.0 Å². The summed E-state index contributed by atoms with van der Waals surface area (Å²) in [6, 6.07) is 9.24. The van der Waals surface area contributed by atoms with Gasteiger partial charge >= 0.3 is 0 Å². The molecule has 1 aliphatic carbocycles. The second-order valence-corrected chi connectivity index (χ2v) is 8.01. The molecule has 3 N–H and O–H groups in total. The first kappa shape index (κ1) is 23.5. The number of anilines is 2. The molecule has 0 aliphatic heterocycles. The van der Waals surface area contributed by atoms with Crippen LogP contribution in [-0.4, -0.2) is 17.9 Å². The summed E-state index contributed by atoms with van der Waals surface area (Å²) in [4.78, 5) is 23.9. The van der Waals surface area contributed by atoms with E-state index in [2.05, 4.69) is 16.0 Å². The molecule has 30 heavy (non-hydrogen) atoms. The zero-order chi connectivity index (χ0) is 21.6. The van der Waals surface area contributed by atoms with Crippen molar-refractivity contribution in [3.8, 4) is 6.07 Å². The summed E-state index contributed by atoms with van der Waals surface area (Å²) in [5, 5.41) is 18.2. The highest BCUT2D eigenvalue weighted by Gasteiger charge is 2.16. The Morgan fingerprint density at radius 2 is 1.53 bits per heavy atom. The van der Waals surface area contributed by atoms with Crippen molar-refractivity contribution < 1.29 is 9.59 Å². The molecule has 6 nitrogen and oxygen atoms in total. The lowest BCUT2D eigenvalue weighted by atomic mass is 9.98. The van der Waals surface area contributed by atoms with E-state index in [1.807, 2.05) is 12.1 Å². The van der Waals surface area contributed by atoms with Crippen molar-refractivity contribution in [2.45, 2.75) is 83.6 Å². The fourth-order valence-electron chi connectivity index (χ4n) is 3.76. The van der Waals surface area contributed by atoms with Crippen LogP contribution < -0.4 is 16.0 Å². The number of rotatable bonds is 5. The Balaban J connectivity index is 1.94. The summed E-state index contributed by atoms with van der Waals surface area (Å²) in [6.07, 6.45) is 14.5. The molecule has 2 amide bonds. The highest BCUT2D eigenvalue weighted by atomic mass is 16.2. The molecule has 0 heterocycles. The summed E-state index contributed by atoms with van der Waals surface area (Å²) in [6.45, 7) is 1.45. The van der Waals surface area contributed by atoms with Crippen molar-refractivity contribution in [2.75, 3.05) is 10.6 Å². The summed E-state index contributed by atoms with van der Waals surface area (Å²) in [5.41, 5.74) is 1.39. The maximum Gasteiger partial charge on any atom is 0.263 e. The maximum atomic E-state index is 12.7. The van der Waals surface area contributed by atoms with Crippen molar-refractivity contribution in [1.29, 1.82) is 5.26 Å².